The van der Waals surface area contributed by atoms with E-state index in [1.807, 2.05) is 19.2 Å². The van der Waals surface area contributed by atoms with Crippen molar-refractivity contribution in [2.24, 2.45) is 5.73 Å². The number of likely N-dealkylation sites (N-methyl/N-ethyl adjacent to an activating group) is 1. The summed E-state index contributed by atoms with van der Waals surface area (Å²) < 4.78 is 1.04. The van der Waals surface area contributed by atoms with Gasteiger partial charge in [0.25, 0.3) is 0 Å². The highest BCUT2D eigenvalue weighted by Gasteiger charge is 2.25. The van der Waals surface area contributed by atoms with Crippen molar-refractivity contribution in [1.82, 2.24) is 9.80 Å². The summed E-state index contributed by atoms with van der Waals surface area (Å²) in [4.78, 5) is 16.0. The van der Waals surface area contributed by atoms with Crippen molar-refractivity contribution >= 4 is 21.8 Å². The van der Waals surface area contributed by atoms with Crippen molar-refractivity contribution in [3.8, 4) is 0 Å². The Morgan fingerprint density at radius 2 is 2.21 bits per heavy atom. The van der Waals surface area contributed by atoms with E-state index in [1.54, 1.807) is 4.90 Å². The summed E-state index contributed by atoms with van der Waals surface area (Å²) in [6.45, 7) is 2.70. The van der Waals surface area contributed by atoms with Crippen molar-refractivity contribution in [3.63, 3.8) is 0 Å². The van der Waals surface area contributed by atoms with Gasteiger partial charge in [-0.1, -0.05) is 28.1 Å². The smallest absolute Gasteiger partial charge is 0.236 e. The summed E-state index contributed by atoms with van der Waals surface area (Å²) in [6.07, 6.45) is 0.993. The molecule has 1 heterocycles. The van der Waals surface area contributed by atoms with Crippen molar-refractivity contribution in [3.05, 3.63) is 34.3 Å². The van der Waals surface area contributed by atoms with Crippen LogP contribution < -0.4 is 5.73 Å². The first kappa shape index (κ1) is 14.5. The number of carbonyl (C=O) groups is 1. The normalized spacial score (nSPS) is 19.3. The summed E-state index contributed by atoms with van der Waals surface area (Å²) in [7, 11) is 1.86. The second kappa shape index (κ2) is 6.50. The largest absolute Gasteiger partial charge is 0.345 e. The fourth-order valence-electron chi connectivity index (χ4n) is 2.49. The number of carbonyl (C=O) groups excluding carboxylic acids is 1. The van der Waals surface area contributed by atoms with E-state index in [1.165, 1.54) is 0 Å². The lowest BCUT2D eigenvalue weighted by Crippen LogP contribution is -2.39. The van der Waals surface area contributed by atoms with Crippen LogP contribution in [-0.2, 0) is 4.79 Å². The highest BCUT2D eigenvalue weighted by molar-refractivity contribution is 9.10. The minimum Gasteiger partial charge on any atom is -0.345 e. The van der Waals surface area contributed by atoms with Gasteiger partial charge in [0.1, 0.15) is 0 Å². The molecule has 104 valence electrons. The zero-order valence-electron chi connectivity index (χ0n) is 11.2. The van der Waals surface area contributed by atoms with Gasteiger partial charge in [-0.05, 0) is 24.1 Å². The Bertz CT molecular complexity index is 452. The van der Waals surface area contributed by atoms with Gasteiger partial charge in [-0.3, -0.25) is 9.69 Å². The minimum atomic E-state index is 0.105. The molecule has 0 radical (unpaired) electrons. The molecule has 1 saturated heterocycles. The lowest BCUT2D eigenvalue weighted by atomic mass is 10.1. The van der Waals surface area contributed by atoms with Crippen LogP contribution >= 0.6 is 15.9 Å². The van der Waals surface area contributed by atoms with E-state index in [9.17, 15) is 4.79 Å². The van der Waals surface area contributed by atoms with Crippen molar-refractivity contribution in [2.45, 2.75) is 12.5 Å². The Morgan fingerprint density at radius 3 is 2.89 bits per heavy atom. The molecule has 5 heteroatoms. The van der Waals surface area contributed by atoms with Gasteiger partial charge in [0.15, 0.2) is 0 Å². The number of benzene rings is 1. The zero-order valence-corrected chi connectivity index (χ0v) is 12.8. The molecule has 19 heavy (non-hydrogen) atoms. The molecule has 1 amide bonds. The Labute approximate surface area is 122 Å². The van der Waals surface area contributed by atoms with Crippen LogP contribution in [0.15, 0.2) is 28.7 Å². The third-order valence-corrected chi connectivity index (χ3v) is 4.09. The highest BCUT2D eigenvalue weighted by Crippen LogP contribution is 2.24. The quantitative estimate of drug-likeness (QED) is 0.918. The summed E-state index contributed by atoms with van der Waals surface area (Å²) in [6, 6.07) is 8.26. The molecular formula is C14H20BrN3O. The molecule has 0 spiro atoms. The molecule has 1 atom stereocenters. The van der Waals surface area contributed by atoms with E-state index in [4.69, 9.17) is 5.73 Å². The average molecular weight is 326 g/mol. The monoisotopic (exact) mass is 325 g/mol. The second-order valence-electron chi connectivity index (χ2n) is 4.95. The molecule has 1 aromatic rings. The maximum atomic E-state index is 12.0. The van der Waals surface area contributed by atoms with Crippen molar-refractivity contribution in [2.75, 3.05) is 33.2 Å². The van der Waals surface area contributed by atoms with Gasteiger partial charge in [0, 0.05) is 37.2 Å². The standard InChI is InChI=1S/C14H20BrN3O/c1-17-6-3-7-18(10-14(17)19)13(9-16)11-4-2-5-12(15)8-11/h2,4-5,8,13H,3,6-7,9-10,16H2,1H3. The van der Waals surface area contributed by atoms with E-state index in [0.29, 0.717) is 13.1 Å². The molecule has 1 unspecified atom stereocenters. The molecule has 0 saturated carbocycles. The van der Waals surface area contributed by atoms with Crippen LogP contribution in [0.2, 0.25) is 0 Å². The Kier molecular flexibility index (Phi) is 4.96. The van der Waals surface area contributed by atoms with E-state index in [-0.39, 0.29) is 11.9 Å². The molecule has 1 aromatic carbocycles. The van der Waals surface area contributed by atoms with Gasteiger partial charge in [-0.15, -0.1) is 0 Å². The molecule has 0 bridgehead atoms. The molecular weight excluding hydrogens is 306 g/mol. The number of rotatable bonds is 3. The molecule has 2 N–H and O–H groups in total. The van der Waals surface area contributed by atoms with Crippen LogP contribution in [0, 0.1) is 0 Å². The van der Waals surface area contributed by atoms with Gasteiger partial charge < -0.3 is 10.6 Å². The molecule has 0 aromatic heterocycles. The lowest BCUT2D eigenvalue weighted by molar-refractivity contribution is -0.130. The summed E-state index contributed by atoms with van der Waals surface area (Å²) in [5.41, 5.74) is 7.10. The first-order valence-electron chi connectivity index (χ1n) is 6.55. The van der Waals surface area contributed by atoms with Crippen LogP contribution in [-0.4, -0.2) is 48.9 Å². The van der Waals surface area contributed by atoms with Gasteiger partial charge in [-0.25, -0.2) is 0 Å². The lowest BCUT2D eigenvalue weighted by Gasteiger charge is -2.29. The van der Waals surface area contributed by atoms with Crippen LogP contribution in [0.3, 0.4) is 0 Å². The van der Waals surface area contributed by atoms with Gasteiger partial charge in [0.2, 0.25) is 5.91 Å². The summed E-state index contributed by atoms with van der Waals surface area (Å²) >= 11 is 3.49. The topological polar surface area (TPSA) is 49.6 Å². The fourth-order valence-corrected chi connectivity index (χ4v) is 2.90. The van der Waals surface area contributed by atoms with E-state index < -0.39 is 0 Å². The number of hydrogen-bond donors (Lipinski definition) is 1. The maximum Gasteiger partial charge on any atom is 0.236 e. The molecule has 0 aliphatic carbocycles. The molecule has 4 nitrogen and oxygen atoms in total. The third kappa shape index (κ3) is 3.55. The number of nitrogens with two attached hydrogens (primary N) is 1. The maximum absolute atomic E-state index is 12.0. The van der Waals surface area contributed by atoms with Crippen LogP contribution in [0.5, 0.6) is 0 Å². The second-order valence-corrected chi connectivity index (χ2v) is 5.86. The average Bonchev–Trinajstić information content (AvgIpc) is 2.54. The minimum absolute atomic E-state index is 0.105. The molecule has 1 aliphatic rings. The third-order valence-electron chi connectivity index (χ3n) is 3.60. The summed E-state index contributed by atoms with van der Waals surface area (Å²) in [5.74, 6) is 0.172. The first-order valence-corrected chi connectivity index (χ1v) is 7.34. The molecule has 1 fully saturated rings. The number of halogens is 1. The zero-order chi connectivity index (χ0) is 13.8. The first-order chi connectivity index (χ1) is 9.11. The highest BCUT2D eigenvalue weighted by atomic mass is 79.9. The van der Waals surface area contributed by atoms with Gasteiger partial charge in [0.05, 0.1) is 6.54 Å². The number of hydrogen-bond acceptors (Lipinski definition) is 3. The fraction of sp³-hybridized carbons (Fsp3) is 0.500. The van der Waals surface area contributed by atoms with Gasteiger partial charge in [-0.2, -0.15) is 0 Å². The summed E-state index contributed by atoms with van der Waals surface area (Å²) in [5, 5.41) is 0. The number of amides is 1. The molecule has 1 aliphatic heterocycles. The van der Waals surface area contributed by atoms with Crippen LogP contribution in [0.25, 0.3) is 0 Å². The SMILES string of the molecule is CN1CCCN(C(CN)c2cccc(Br)c2)CC1=O. The van der Waals surface area contributed by atoms with Crippen LogP contribution in [0.1, 0.15) is 18.0 Å². The Balaban J connectivity index is 2.19. The number of nitrogens with zero attached hydrogens (tertiary/aromatic N) is 2. The Morgan fingerprint density at radius 1 is 1.42 bits per heavy atom. The predicted molar refractivity (Wildman–Crippen MR) is 79.8 cm³/mol. The van der Waals surface area contributed by atoms with Gasteiger partial charge >= 0.3 is 0 Å². The van der Waals surface area contributed by atoms with E-state index in [2.05, 4.69) is 33.0 Å². The van der Waals surface area contributed by atoms with Crippen molar-refractivity contribution in [1.29, 1.82) is 0 Å². The van der Waals surface area contributed by atoms with E-state index in [0.717, 1.165) is 29.5 Å². The van der Waals surface area contributed by atoms with E-state index >= 15 is 0 Å². The van der Waals surface area contributed by atoms with Crippen molar-refractivity contribution < 1.29 is 4.79 Å². The van der Waals surface area contributed by atoms with Crippen LogP contribution in [0.4, 0.5) is 0 Å². The molecule has 2 rings (SSSR count). The Hall–Kier alpha value is -0.910. The predicted octanol–water partition coefficient (Wildman–Crippen LogP) is 1.61.